The number of hydrogen-bond donors (Lipinski definition) is 0. The molecule has 1 aromatic rings. The van der Waals surface area contributed by atoms with Gasteiger partial charge in [0.2, 0.25) is 0 Å². The molecular formula is C13H20N4O. The summed E-state index contributed by atoms with van der Waals surface area (Å²) in [6, 6.07) is 2.40. The number of nitriles is 1. The van der Waals surface area contributed by atoms with Gasteiger partial charge in [-0.3, -0.25) is 0 Å². The van der Waals surface area contributed by atoms with E-state index in [-0.39, 0.29) is 6.04 Å². The zero-order valence-electron chi connectivity index (χ0n) is 11.1. The van der Waals surface area contributed by atoms with Crippen LogP contribution in [0.25, 0.3) is 0 Å². The van der Waals surface area contributed by atoms with Crippen molar-refractivity contribution in [1.29, 1.82) is 5.26 Å². The first-order valence-electron chi connectivity index (χ1n) is 6.58. The van der Waals surface area contributed by atoms with Crippen LogP contribution < -0.4 is 0 Å². The third-order valence-corrected chi connectivity index (χ3v) is 3.47. The molecule has 1 aromatic heterocycles. The summed E-state index contributed by atoms with van der Waals surface area (Å²) in [6.45, 7) is 2.76. The van der Waals surface area contributed by atoms with Gasteiger partial charge in [-0.25, -0.2) is 4.68 Å². The van der Waals surface area contributed by atoms with E-state index in [1.54, 1.807) is 7.11 Å². The number of ether oxygens (including phenoxy) is 1. The summed E-state index contributed by atoms with van der Waals surface area (Å²) in [6.07, 6.45) is 4.90. The Morgan fingerprint density at radius 3 is 2.89 bits per heavy atom. The van der Waals surface area contributed by atoms with Gasteiger partial charge in [-0.15, -0.1) is 5.10 Å². The van der Waals surface area contributed by atoms with E-state index in [4.69, 9.17) is 10.00 Å². The molecule has 1 atom stereocenters. The monoisotopic (exact) mass is 248 g/mol. The summed E-state index contributed by atoms with van der Waals surface area (Å²) < 4.78 is 7.22. The molecule has 1 fully saturated rings. The molecule has 2 rings (SSSR count). The van der Waals surface area contributed by atoms with Crippen LogP contribution in [0.2, 0.25) is 0 Å². The maximum Gasteiger partial charge on any atom is 0.0999 e. The van der Waals surface area contributed by atoms with Crippen molar-refractivity contribution in [3.63, 3.8) is 0 Å². The Morgan fingerprint density at radius 2 is 2.33 bits per heavy atom. The van der Waals surface area contributed by atoms with Gasteiger partial charge in [0.15, 0.2) is 0 Å². The van der Waals surface area contributed by atoms with Gasteiger partial charge in [-0.2, -0.15) is 5.26 Å². The van der Waals surface area contributed by atoms with Gasteiger partial charge in [0.05, 0.1) is 36.5 Å². The third kappa shape index (κ3) is 2.88. The third-order valence-electron chi connectivity index (χ3n) is 3.47. The first-order valence-corrected chi connectivity index (χ1v) is 6.58. The molecular weight excluding hydrogens is 228 g/mol. The van der Waals surface area contributed by atoms with Crippen LogP contribution in [-0.2, 0) is 17.6 Å². The summed E-state index contributed by atoms with van der Waals surface area (Å²) in [5, 5.41) is 17.3. The van der Waals surface area contributed by atoms with E-state index in [9.17, 15) is 0 Å². The van der Waals surface area contributed by atoms with E-state index in [1.165, 1.54) is 12.8 Å². The number of nitrogens with zero attached hydrogens (tertiary/aromatic N) is 4. The van der Waals surface area contributed by atoms with Gasteiger partial charge < -0.3 is 4.74 Å². The molecule has 0 N–H and O–H groups in total. The average Bonchev–Trinajstić information content (AvgIpc) is 3.11. The quantitative estimate of drug-likeness (QED) is 0.739. The molecule has 0 aliphatic heterocycles. The number of aromatic nitrogens is 3. The van der Waals surface area contributed by atoms with Crippen LogP contribution >= 0.6 is 0 Å². The molecule has 0 spiro atoms. The predicted octanol–water partition coefficient (Wildman–Crippen LogP) is 1.89. The molecule has 5 heteroatoms. The Bertz CT molecular complexity index is 431. The van der Waals surface area contributed by atoms with Crippen LogP contribution in [0.4, 0.5) is 0 Å². The Hall–Kier alpha value is -1.41. The van der Waals surface area contributed by atoms with E-state index in [1.807, 2.05) is 4.68 Å². The van der Waals surface area contributed by atoms with Crippen molar-refractivity contribution >= 4 is 0 Å². The highest BCUT2D eigenvalue weighted by atomic mass is 16.5. The Labute approximate surface area is 108 Å². The molecule has 1 saturated carbocycles. The lowest BCUT2D eigenvalue weighted by atomic mass is 10.1. The average molecular weight is 248 g/mol. The molecule has 18 heavy (non-hydrogen) atoms. The predicted molar refractivity (Wildman–Crippen MR) is 67.0 cm³/mol. The van der Waals surface area contributed by atoms with E-state index in [0.29, 0.717) is 13.0 Å². The Morgan fingerprint density at radius 1 is 1.56 bits per heavy atom. The zero-order valence-corrected chi connectivity index (χ0v) is 11.1. The van der Waals surface area contributed by atoms with Gasteiger partial charge in [0, 0.05) is 7.11 Å². The van der Waals surface area contributed by atoms with Crippen molar-refractivity contribution in [3.05, 3.63) is 11.4 Å². The van der Waals surface area contributed by atoms with Crippen molar-refractivity contribution in [2.75, 3.05) is 13.7 Å². The number of hydrogen-bond acceptors (Lipinski definition) is 4. The highest BCUT2D eigenvalue weighted by Crippen LogP contribution is 2.34. The van der Waals surface area contributed by atoms with Crippen molar-refractivity contribution in [3.8, 4) is 6.07 Å². The fourth-order valence-corrected chi connectivity index (χ4v) is 2.21. The SMILES string of the molecule is CCC(COC)n1nnc(CC#N)c1CC1CC1. The molecule has 1 heterocycles. The second kappa shape index (κ2) is 5.96. The minimum Gasteiger partial charge on any atom is -0.382 e. The summed E-state index contributed by atoms with van der Waals surface area (Å²) in [5.74, 6) is 0.764. The van der Waals surface area contributed by atoms with Gasteiger partial charge >= 0.3 is 0 Å². The Balaban J connectivity index is 2.23. The molecule has 0 aromatic carbocycles. The first kappa shape index (κ1) is 13.0. The second-order valence-corrected chi connectivity index (χ2v) is 4.93. The topological polar surface area (TPSA) is 63.7 Å². The summed E-state index contributed by atoms with van der Waals surface area (Å²) >= 11 is 0. The fourth-order valence-electron chi connectivity index (χ4n) is 2.21. The highest BCUT2D eigenvalue weighted by molar-refractivity contribution is 5.16. The molecule has 1 aliphatic carbocycles. The van der Waals surface area contributed by atoms with Crippen molar-refractivity contribution in [2.45, 2.75) is 45.1 Å². The molecule has 0 radical (unpaired) electrons. The van der Waals surface area contributed by atoms with Gasteiger partial charge in [0.1, 0.15) is 0 Å². The van der Waals surface area contributed by atoms with Crippen LogP contribution in [0.3, 0.4) is 0 Å². The molecule has 1 unspecified atom stereocenters. The van der Waals surface area contributed by atoms with E-state index in [2.05, 4.69) is 23.3 Å². The smallest absolute Gasteiger partial charge is 0.0999 e. The van der Waals surface area contributed by atoms with Crippen LogP contribution in [0, 0.1) is 17.2 Å². The summed E-state index contributed by atoms with van der Waals surface area (Å²) in [7, 11) is 1.70. The largest absolute Gasteiger partial charge is 0.382 e. The maximum atomic E-state index is 8.85. The maximum absolute atomic E-state index is 8.85. The van der Waals surface area contributed by atoms with Gasteiger partial charge in [0.25, 0.3) is 0 Å². The van der Waals surface area contributed by atoms with Crippen LogP contribution in [0.15, 0.2) is 0 Å². The standard InChI is InChI=1S/C13H20N4O/c1-3-11(9-18-2)17-13(8-10-4-5-10)12(6-7-14)15-16-17/h10-11H,3-6,8-9H2,1-2H3. The molecule has 0 bridgehead atoms. The molecule has 0 saturated heterocycles. The first-order chi connectivity index (χ1) is 8.80. The van der Waals surface area contributed by atoms with Gasteiger partial charge in [-0.05, 0) is 31.6 Å². The van der Waals surface area contributed by atoms with Gasteiger partial charge in [-0.1, -0.05) is 12.1 Å². The number of rotatable bonds is 7. The molecule has 0 amide bonds. The fraction of sp³-hybridized carbons (Fsp3) is 0.769. The highest BCUT2D eigenvalue weighted by Gasteiger charge is 2.27. The lowest BCUT2D eigenvalue weighted by Crippen LogP contribution is -2.18. The van der Waals surface area contributed by atoms with Crippen molar-refractivity contribution in [1.82, 2.24) is 15.0 Å². The summed E-state index contributed by atoms with van der Waals surface area (Å²) in [5.41, 5.74) is 1.99. The van der Waals surface area contributed by atoms with E-state index < -0.39 is 0 Å². The van der Waals surface area contributed by atoms with E-state index in [0.717, 1.165) is 30.1 Å². The Kier molecular flexibility index (Phi) is 4.32. The molecule has 1 aliphatic rings. The van der Waals surface area contributed by atoms with Crippen molar-refractivity contribution in [2.24, 2.45) is 5.92 Å². The molecule has 98 valence electrons. The van der Waals surface area contributed by atoms with Crippen LogP contribution in [0.5, 0.6) is 0 Å². The summed E-state index contributed by atoms with van der Waals surface area (Å²) in [4.78, 5) is 0. The number of methoxy groups -OCH3 is 1. The van der Waals surface area contributed by atoms with E-state index >= 15 is 0 Å². The molecule has 5 nitrogen and oxygen atoms in total. The lowest BCUT2D eigenvalue weighted by molar-refractivity contribution is 0.144. The minimum absolute atomic E-state index is 0.226. The van der Waals surface area contributed by atoms with Crippen LogP contribution in [0.1, 0.15) is 43.6 Å². The zero-order chi connectivity index (χ0) is 13.0. The minimum atomic E-state index is 0.226. The van der Waals surface area contributed by atoms with Crippen molar-refractivity contribution < 1.29 is 4.74 Å². The normalized spacial score (nSPS) is 16.5. The van der Waals surface area contributed by atoms with Crippen LogP contribution in [-0.4, -0.2) is 28.7 Å². The second-order valence-electron chi connectivity index (χ2n) is 4.93. The lowest BCUT2D eigenvalue weighted by Gasteiger charge is -2.17.